The molecular weight excluding hydrogens is 200 g/mol. The number of nitrogens with two attached hydrogens (primary N) is 1. The summed E-state index contributed by atoms with van der Waals surface area (Å²) in [5.74, 6) is -0.0796. The first-order chi connectivity index (χ1) is 7.06. The number of nitrogens with zero attached hydrogens (tertiary/aromatic N) is 1. The summed E-state index contributed by atoms with van der Waals surface area (Å²) >= 11 is 0. The van der Waals surface area contributed by atoms with Crippen LogP contribution in [0.3, 0.4) is 0 Å². The number of nitro benzene ring substituents is 1. The Labute approximate surface area is 86.1 Å². The molecule has 0 radical (unpaired) electrons. The maximum Gasteiger partial charge on any atom is 0.274 e. The second-order valence-electron chi connectivity index (χ2n) is 3.12. The third-order valence-electron chi connectivity index (χ3n) is 2.05. The van der Waals surface area contributed by atoms with E-state index in [0.717, 1.165) is 0 Å². The minimum absolute atomic E-state index is 0.0796. The van der Waals surface area contributed by atoms with E-state index in [0.29, 0.717) is 0 Å². The van der Waals surface area contributed by atoms with Crippen LogP contribution < -0.4 is 5.73 Å². The highest BCUT2D eigenvalue weighted by Gasteiger charge is 2.19. The number of nitro groups is 1. The van der Waals surface area contributed by atoms with Crippen molar-refractivity contribution in [1.29, 1.82) is 0 Å². The maximum atomic E-state index is 10.6. The second kappa shape index (κ2) is 4.72. The van der Waals surface area contributed by atoms with E-state index < -0.39 is 11.0 Å². The molecule has 0 saturated heterocycles. The largest absolute Gasteiger partial charge is 0.508 e. The summed E-state index contributed by atoms with van der Waals surface area (Å²) in [7, 11) is 0. The summed E-state index contributed by atoms with van der Waals surface area (Å²) in [6.07, 6.45) is 0.213. The van der Waals surface area contributed by atoms with Gasteiger partial charge < -0.3 is 15.9 Å². The zero-order chi connectivity index (χ0) is 11.4. The van der Waals surface area contributed by atoms with Gasteiger partial charge in [0.15, 0.2) is 0 Å². The van der Waals surface area contributed by atoms with E-state index in [2.05, 4.69) is 0 Å². The average molecular weight is 212 g/mol. The van der Waals surface area contributed by atoms with Crippen molar-refractivity contribution in [2.45, 2.75) is 12.5 Å². The van der Waals surface area contributed by atoms with E-state index in [-0.39, 0.29) is 30.0 Å². The molecule has 0 amide bonds. The Bertz CT molecular complexity index is 367. The molecule has 0 saturated carbocycles. The van der Waals surface area contributed by atoms with Gasteiger partial charge in [-0.15, -0.1) is 0 Å². The quantitative estimate of drug-likeness (QED) is 0.502. The first-order valence-electron chi connectivity index (χ1n) is 4.40. The Morgan fingerprint density at radius 3 is 2.73 bits per heavy atom. The lowest BCUT2D eigenvalue weighted by Gasteiger charge is -2.10. The van der Waals surface area contributed by atoms with Crippen LogP contribution in [0, 0.1) is 10.1 Å². The summed E-state index contributed by atoms with van der Waals surface area (Å²) in [4.78, 5) is 10.1. The van der Waals surface area contributed by atoms with Gasteiger partial charge in [0, 0.05) is 18.7 Å². The lowest BCUT2D eigenvalue weighted by atomic mass is 10.0. The molecule has 4 N–H and O–H groups in total. The zero-order valence-electron chi connectivity index (χ0n) is 7.96. The number of hydrogen-bond donors (Lipinski definition) is 3. The van der Waals surface area contributed by atoms with Crippen molar-refractivity contribution in [2.75, 3.05) is 6.61 Å². The van der Waals surface area contributed by atoms with Crippen LogP contribution in [-0.2, 0) is 0 Å². The molecule has 6 nitrogen and oxygen atoms in total. The molecule has 0 unspecified atom stereocenters. The number of hydrogen-bond acceptors (Lipinski definition) is 5. The van der Waals surface area contributed by atoms with Gasteiger partial charge in [0.1, 0.15) is 5.75 Å². The summed E-state index contributed by atoms with van der Waals surface area (Å²) in [5.41, 5.74) is 5.72. The SMILES string of the molecule is N[C@H](CCO)c1cc(O)ccc1[N+](=O)[O-]. The van der Waals surface area contributed by atoms with E-state index in [1.54, 1.807) is 0 Å². The maximum absolute atomic E-state index is 10.6. The van der Waals surface area contributed by atoms with Crippen molar-refractivity contribution in [1.82, 2.24) is 0 Å². The predicted molar refractivity (Wildman–Crippen MR) is 53.4 cm³/mol. The Morgan fingerprint density at radius 2 is 2.20 bits per heavy atom. The molecule has 82 valence electrons. The Morgan fingerprint density at radius 1 is 1.53 bits per heavy atom. The van der Waals surface area contributed by atoms with E-state index in [1.165, 1.54) is 18.2 Å². The lowest BCUT2D eigenvalue weighted by molar-refractivity contribution is -0.385. The third-order valence-corrected chi connectivity index (χ3v) is 2.05. The van der Waals surface area contributed by atoms with Crippen LogP contribution in [0.2, 0.25) is 0 Å². The topological polar surface area (TPSA) is 110 Å². The standard InChI is InChI=1S/C9H12N2O4/c10-8(3-4-12)7-5-6(13)1-2-9(7)11(14)15/h1-2,5,8,12-13H,3-4,10H2/t8-/m1/s1. The van der Waals surface area contributed by atoms with Crippen LogP contribution in [0.4, 0.5) is 5.69 Å². The van der Waals surface area contributed by atoms with Crippen molar-refractivity contribution >= 4 is 5.69 Å². The van der Waals surface area contributed by atoms with Gasteiger partial charge in [-0.3, -0.25) is 10.1 Å². The van der Waals surface area contributed by atoms with Gasteiger partial charge >= 0.3 is 0 Å². The molecule has 0 aliphatic rings. The van der Waals surface area contributed by atoms with Gasteiger partial charge in [-0.25, -0.2) is 0 Å². The highest BCUT2D eigenvalue weighted by Crippen LogP contribution is 2.28. The molecule has 1 rings (SSSR count). The summed E-state index contributed by atoms with van der Waals surface area (Å²) in [5, 5.41) is 28.5. The molecule has 1 atom stereocenters. The molecule has 0 aromatic heterocycles. The molecule has 0 fully saturated rings. The van der Waals surface area contributed by atoms with E-state index >= 15 is 0 Å². The van der Waals surface area contributed by atoms with Gasteiger partial charge in [-0.1, -0.05) is 0 Å². The normalized spacial score (nSPS) is 12.4. The van der Waals surface area contributed by atoms with Crippen LogP contribution in [0.25, 0.3) is 0 Å². The van der Waals surface area contributed by atoms with Crippen molar-refractivity contribution in [2.24, 2.45) is 5.73 Å². The fourth-order valence-corrected chi connectivity index (χ4v) is 1.30. The first kappa shape index (κ1) is 11.4. The summed E-state index contributed by atoms with van der Waals surface area (Å²) in [6, 6.07) is 3.02. The second-order valence-corrected chi connectivity index (χ2v) is 3.12. The van der Waals surface area contributed by atoms with Crippen LogP contribution in [0.15, 0.2) is 18.2 Å². The number of benzene rings is 1. The van der Waals surface area contributed by atoms with Gasteiger partial charge in [0.05, 0.1) is 10.5 Å². The number of phenols is 1. The molecule has 0 aliphatic carbocycles. The average Bonchev–Trinajstić information content (AvgIpc) is 2.17. The van der Waals surface area contributed by atoms with E-state index in [4.69, 9.17) is 10.8 Å². The van der Waals surface area contributed by atoms with Crippen molar-refractivity contribution < 1.29 is 15.1 Å². The highest BCUT2D eigenvalue weighted by molar-refractivity contribution is 5.46. The first-order valence-corrected chi connectivity index (χ1v) is 4.40. The van der Waals surface area contributed by atoms with Gasteiger partial charge in [-0.2, -0.15) is 0 Å². The third kappa shape index (κ3) is 2.64. The molecule has 6 heteroatoms. The van der Waals surface area contributed by atoms with Crippen LogP contribution in [0.1, 0.15) is 18.0 Å². The van der Waals surface area contributed by atoms with Gasteiger partial charge in [0.2, 0.25) is 0 Å². The molecule has 0 heterocycles. The Kier molecular flexibility index (Phi) is 3.59. The number of aliphatic hydroxyl groups excluding tert-OH is 1. The zero-order valence-corrected chi connectivity index (χ0v) is 7.96. The van der Waals surface area contributed by atoms with Crippen LogP contribution >= 0.6 is 0 Å². The molecule has 1 aromatic rings. The molecule has 15 heavy (non-hydrogen) atoms. The molecule has 1 aromatic carbocycles. The fourth-order valence-electron chi connectivity index (χ4n) is 1.30. The number of aromatic hydroxyl groups is 1. The number of aliphatic hydroxyl groups is 1. The smallest absolute Gasteiger partial charge is 0.274 e. The summed E-state index contributed by atoms with van der Waals surface area (Å²) in [6.45, 7) is -0.159. The van der Waals surface area contributed by atoms with Gasteiger partial charge in [0.25, 0.3) is 5.69 Å². The predicted octanol–water partition coefficient (Wildman–Crippen LogP) is 0.683. The molecule has 0 spiro atoms. The van der Waals surface area contributed by atoms with Crippen molar-refractivity contribution in [3.05, 3.63) is 33.9 Å². The van der Waals surface area contributed by atoms with E-state index in [1.807, 2.05) is 0 Å². The summed E-state index contributed by atoms with van der Waals surface area (Å²) < 4.78 is 0. The lowest BCUT2D eigenvalue weighted by Crippen LogP contribution is -2.13. The monoisotopic (exact) mass is 212 g/mol. The Hall–Kier alpha value is -1.66. The van der Waals surface area contributed by atoms with Crippen molar-refractivity contribution in [3.8, 4) is 5.75 Å². The minimum Gasteiger partial charge on any atom is -0.508 e. The van der Waals surface area contributed by atoms with Gasteiger partial charge in [-0.05, 0) is 18.6 Å². The van der Waals surface area contributed by atoms with E-state index in [9.17, 15) is 15.2 Å². The molecule has 0 aliphatic heterocycles. The van der Waals surface area contributed by atoms with Crippen LogP contribution in [-0.4, -0.2) is 21.7 Å². The minimum atomic E-state index is -0.650. The Balaban J connectivity index is 3.12. The van der Waals surface area contributed by atoms with Crippen molar-refractivity contribution in [3.63, 3.8) is 0 Å². The molecule has 0 bridgehead atoms. The van der Waals surface area contributed by atoms with Crippen LogP contribution in [0.5, 0.6) is 5.75 Å². The number of rotatable bonds is 4. The fraction of sp³-hybridized carbons (Fsp3) is 0.333. The highest BCUT2D eigenvalue weighted by atomic mass is 16.6. The number of phenolic OH excluding ortho intramolecular Hbond substituents is 1. The molecular formula is C9H12N2O4.